The first-order valence-corrected chi connectivity index (χ1v) is 6.65. The molecule has 2 aliphatic heterocycles. The lowest BCUT2D eigenvalue weighted by Gasteiger charge is -2.38. The zero-order valence-corrected chi connectivity index (χ0v) is 11.3. The van der Waals surface area contributed by atoms with Crippen LogP contribution in [0, 0.1) is 5.92 Å². The first-order valence-electron chi connectivity index (χ1n) is 6.65. The number of benzene rings is 1. The maximum absolute atomic E-state index is 13.0. The summed E-state index contributed by atoms with van der Waals surface area (Å²) < 4.78 is 16.3. The zero-order chi connectivity index (χ0) is 14.8. The van der Waals surface area contributed by atoms with Gasteiger partial charge in [-0.1, -0.05) is 24.3 Å². The van der Waals surface area contributed by atoms with Crippen molar-refractivity contribution in [1.82, 2.24) is 0 Å². The molecular weight excluding hydrogens is 276 g/mol. The fourth-order valence-electron chi connectivity index (χ4n) is 3.65. The molecule has 6 heteroatoms. The van der Waals surface area contributed by atoms with E-state index in [2.05, 4.69) is 0 Å². The number of methoxy groups -OCH3 is 1. The van der Waals surface area contributed by atoms with Crippen LogP contribution in [-0.2, 0) is 19.0 Å². The third-order valence-electron chi connectivity index (χ3n) is 4.61. The summed E-state index contributed by atoms with van der Waals surface area (Å²) in [5.74, 6) is -3.63. The molecule has 3 aliphatic rings. The highest BCUT2D eigenvalue weighted by molar-refractivity contribution is 6.21. The Morgan fingerprint density at radius 3 is 2.62 bits per heavy atom. The van der Waals surface area contributed by atoms with Crippen molar-refractivity contribution in [1.29, 1.82) is 0 Å². The number of rotatable bonds is 1. The molecular formula is C15H12O6. The molecule has 0 unspecified atom stereocenters. The molecule has 6 nitrogen and oxygen atoms in total. The molecule has 1 aliphatic carbocycles. The molecule has 2 saturated heterocycles. The normalized spacial score (nSPS) is 37.0. The molecule has 1 aromatic rings. The maximum Gasteiger partial charge on any atom is 0.312 e. The summed E-state index contributed by atoms with van der Waals surface area (Å²) in [5, 5.41) is 0. The van der Waals surface area contributed by atoms with Gasteiger partial charge in [-0.25, -0.2) is 0 Å². The van der Waals surface area contributed by atoms with Crippen molar-refractivity contribution in [3.8, 4) is 0 Å². The number of Topliss-reactive ketones (excluding diaryl/α,β-unsaturated/α-hetero) is 2. The van der Waals surface area contributed by atoms with Gasteiger partial charge in [-0.15, -0.1) is 0 Å². The Balaban J connectivity index is 2.00. The van der Waals surface area contributed by atoms with Gasteiger partial charge in [0, 0.05) is 18.2 Å². The number of carbonyl (C=O) groups excluding carboxylic acids is 3. The molecule has 0 amide bonds. The maximum atomic E-state index is 13.0. The van der Waals surface area contributed by atoms with E-state index < -0.39 is 29.1 Å². The van der Waals surface area contributed by atoms with Crippen LogP contribution in [-0.4, -0.2) is 42.6 Å². The van der Waals surface area contributed by atoms with Crippen molar-refractivity contribution >= 4 is 17.5 Å². The van der Waals surface area contributed by atoms with Gasteiger partial charge < -0.3 is 14.2 Å². The molecule has 0 radical (unpaired) electrons. The van der Waals surface area contributed by atoms with Crippen molar-refractivity contribution in [2.24, 2.45) is 5.92 Å². The van der Waals surface area contributed by atoms with Crippen LogP contribution in [0.3, 0.4) is 0 Å². The molecule has 1 spiro atoms. The van der Waals surface area contributed by atoms with Crippen molar-refractivity contribution in [2.45, 2.75) is 17.8 Å². The van der Waals surface area contributed by atoms with Gasteiger partial charge in [0.05, 0.1) is 12.5 Å². The van der Waals surface area contributed by atoms with Crippen LogP contribution in [0.1, 0.15) is 27.1 Å². The van der Waals surface area contributed by atoms with Crippen molar-refractivity contribution in [3.05, 3.63) is 35.4 Å². The van der Waals surface area contributed by atoms with Gasteiger partial charge in [0.25, 0.3) is 0 Å². The average molecular weight is 288 g/mol. The third kappa shape index (κ3) is 1.23. The first kappa shape index (κ1) is 12.7. The number of carbonyl (C=O) groups is 3. The lowest BCUT2D eigenvalue weighted by atomic mass is 9.69. The monoisotopic (exact) mass is 288 g/mol. The molecule has 1 aromatic carbocycles. The molecule has 21 heavy (non-hydrogen) atoms. The van der Waals surface area contributed by atoms with Crippen LogP contribution in [0.25, 0.3) is 0 Å². The van der Waals surface area contributed by atoms with Crippen molar-refractivity contribution < 1.29 is 28.6 Å². The van der Waals surface area contributed by atoms with E-state index in [4.69, 9.17) is 14.2 Å². The van der Waals surface area contributed by atoms with E-state index in [-0.39, 0.29) is 24.4 Å². The quantitative estimate of drug-likeness (QED) is 0.709. The minimum Gasteiger partial charge on any atom is -0.444 e. The lowest BCUT2D eigenvalue weighted by molar-refractivity contribution is -0.226. The predicted octanol–water partition coefficient (Wildman–Crippen LogP) is 0.740. The number of hydrogen-bond acceptors (Lipinski definition) is 6. The van der Waals surface area contributed by atoms with Crippen LogP contribution in [0.4, 0.5) is 0 Å². The van der Waals surface area contributed by atoms with Crippen LogP contribution in [0.15, 0.2) is 24.3 Å². The highest BCUT2D eigenvalue weighted by Gasteiger charge is 2.77. The van der Waals surface area contributed by atoms with Crippen LogP contribution in [0.5, 0.6) is 0 Å². The molecule has 2 heterocycles. The Morgan fingerprint density at radius 1 is 1.19 bits per heavy atom. The Hall–Kier alpha value is -2.05. The summed E-state index contributed by atoms with van der Waals surface area (Å²) in [4.78, 5) is 37.4. The number of esters is 1. The highest BCUT2D eigenvalue weighted by Crippen LogP contribution is 2.55. The second kappa shape index (κ2) is 3.78. The predicted molar refractivity (Wildman–Crippen MR) is 67.7 cm³/mol. The van der Waals surface area contributed by atoms with Gasteiger partial charge in [0.2, 0.25) is 17.2 Å². The van der Waals surface area contributed by atoms with E-state index in [1.807, 2.05) is 0 Å². The Morgan fingerprint density at radius 2 is 1.90 bits per heavy atom. The van der Waals surface area contributed by atoms with E-state index in [9.17, 15) is 14.4 Å². The molecule has 3 atom stereocenters. The van der Waals surface area contributed by atoms with E-state index >= 15 is 0 Å². The molecule has 108 valence electrons. The van der Waals surface area contributed by atoms with Crippen molar-refractivity contribution in [2.75, 3.05) is 13.7 Å². The van der Waals surface area contributed by atoms with Crippen LogP contribution < -0.4 is 0 Å². The largest absolute Gasteiger partial charge is 0.444 e. The van der Waals surface area contributed by atoms with Crippen LogP contribution in [0.2, 0.25) is 0 Å². The molecule has 4 rings (SSSR count). The summed E-state index contributed by atoms with van der Waals surface area (Å²) in [6, 6.07) is 6.53. The first-order chi connectivity index (χ1) is 10.1. The van der Waals surface area contributed by atoms with Gasteiger partial charge in [-0.2, -0.15) is 0 Å². The third-order valence-corrected chi connectivity index (χ3v) is 4.61. The Kier molecular flexibility index (Phi) is 2.28. The second-order valence-corrected chi connectivity index (χ2v) is 5.45. The molecule has 0 N–H and O–H groups in total. The summed E-state index contributed by atoms with van der Waals surface area (Å²) in [6.07, 6.45) is -0.193. The fourth-order valence-corrected chi connectivity index (χ4v) is 3.65. The standard InChI is InChI=1S/C15H12O6/c1-19-14-6-11(16)21-15(14)10(7-20-14)12(17)8-4-2-3-5-9(8)13(15)18/h2-5,10H,6-7H2,1H3/t10-,14-,15+/m0/s1. The summed E-state index contributed by atoms with van der Waals surface area (Å²) >= 11 is 0. The minimum absolute atomic E-state index is 0.0000274. The molecule has 0 saturated carbocycles. The van der Waals surface area contributed by atoms with Gasteiger partial charge in [0.15, 0.2) is 5.78 Å². The minimum atomic E-state index is -1.69. The van der Waals surface area contributed by atoms with Gasteiger partial charge in [-0.05, 0) is 0 Å². The summed E-state index contributed by atoms with van der Waals surface area (Å²) in [5.41, 5.74) is -1.10. The van der Waals surface area contributed by atoms with Gasteiger partial charge in [0.1, 0.15) is 6.42 Å². The highest BCUT2D eigenvalue weighted by atomic mass is 16.7. The summed E-state index contributed by atoms with van der Waals surface area (Å²) in [6.45, 7) is 0.0000274. The topological polar surface area (TPSA) is 78.9 Å². The van der Waals surface area contributed by atoms with Crippen LogP contribution >= 0.6 is 0 Å². The van der Waals surface area contributed by atoms with Gasteiger partial charge in [-0.3, -0.25) is 14.4 Å². The number of hydrogen-bond donors (Lipinski definition) is 0. The smallest absolute Gasteiger partial charge is 0.312 e. The SMILES string of the molecule is CO[C@]12CC(=O)O[C@]13C(=O)c1ccccc1C(=O)[C@@H]3CO2. The molecule has 0 bridgehead atoms. The lowest BCUT2D eigenvalue weighted by Crippen LogP contribution is -2.61. The van der Waals surface area contributed by atoms with Gasteiger partial charge >= 0.3 is 5.97 Å². The van der Waals surface area contributed by atoms with E-state index in [1.54, 1.807) is 24.3 Å². The Labute approximate surface area is 120 Å². The van der Waals surface area contributed by atoms with E-state index in [1.165, 1.54) is 7.11 Å². The molecule has 2 fully saturated rings. The molecule has 0 aromatic heterocycles. The number of fused-ring (bicyclic) bond motifs is 1. The average Bonchev–Trinajstić information content (AvgIpc) is 2.95. The van der Waals surface area contributed by atoms with Crippen molar-refractivity contribution in [3.63, 3.8) is 0 Å². The number of ether oxygens (including phenoxy) is 3. The fraction of sp³-hybridized carbons (Fsp3) is 0.400. The van der Waals surface area contributed by atoms with E-state index in [0.717, 1.165) is 0 Å². The summed E-state index contributed by atoms with van der Waals surface area (Å²) in [7, 11) is 1.35. The van der Waals surface area contributed by atoms with E-state index in [0.29, 0.717) is 5.56 Å². The zero-order valence-electron chi connectivity index (χ0n) is 11.3. The Bertz CT molecular complexity index is 695. The number of ketones is 2. The second-order valence-electron chi connectivity index (χ2n) is 5.45.